The summed E-state index contributed by atoms with van der Waals surface area (Å²) >= 11 is 0. The molecule has 0 spiro atoms. The minimum atomic E-state index is -0.665. The third kappa shape index (κ3) is 21.5. The van der Waals surface area contributed by atoms with Crippen LogP contribution in [0.1, 0.15) is 137 Å². The Bertz CT molecular complexity index is 447. The van der Waals surface area contributed by atoms with Crippen molar-refractivity contribution < 1.29 is 9.90 Å². The number of carboxylic acid groups (broad SMARTS) is 1. The molecular weight excluding hydrogens is 356 g/mol. The first-order chi connectivity index (χ1) is 14.0. The first kappa shape index (κ1) is 27.9. The maximum absolute atomic E-state index is 10.5. The molecule has 0 saturated heterocycles. The predicted molar refractivity (Wildman–Crippen MR) is 128 cm³/mol. The molecule has 0 fully saturated rings. The molecule has 0 amide bonds. The minimum absolute atomic E-state index is 0.324. The first-order valence-corrected chi connectivity index (χ1v) is 12.5. The van der Waals surface area contributed by atoms with Crippen LogP contribution in [0.15, 0.2) is 23.3 Å². The van der Waals surface area contributed by atoms with E-state index in [0.29, 0.717) is 12.3 Å². The van der Waals surface area contributed by atoms with Gasteiger partial charge in [-0.15, -0.1) is 0 Å². The van der Waals surface area contributed by atoms with Gasteiger partial charge < -0.3 is 5.11 Å². The maximum Gasteiger partial charge on any atom is 0.303 e. The number of rotatable bonds is 20. The molecule has 0 unspecified atom stereocenters. The molecule has 0 radical (unpaired) electrons. The Hall–Kier alpha value is -1.05. The summed E-state index contributed by atoms with van der Waals surface area (Å²) in [7, 11) is 0. The number of unbranched alkanes of at least 4 members (excludes halogenated alkanes) is 12. The summed E-state index contributed by atoms with van der Waals surface area (Å²) in [5.74, 6) is -0.0177. The summed E-state index contributed by atoms with van der Waals surface area (Å²) in [6.07, 6.45) is 25.5. The van der Waals surface area contributed by atoms with Crippen molar-refractivity contribution in [3.63, 3.8) is 0 Å². The molecule has 1 atom stereocenters. The number of allylic oxidation sites excluding steroid dienone is 4. The molecule has 1 N–H and O–H groups in total. The van der Waals surface area contributed by atoms with Crippen LogP contribution in [0.2, 0.25) is 0 Å². The number of hydrogen-bond acceptors (Lipinski definition) is 1. The lowest BCUT2D eigenvalue weighted by Crippen LogP contribution is -1.94. The number of carbonyl (C=O) groups is 1. The summed E-state index contributed by atoms with van der Waals surface area (Å²) in [6, 6.07) is 0. The van der Waals surface area contributed by atoms with Gasteiger partial charge in [-0.3, -0.25) is 4.79 Å². The molecule has 2 nitrogen and oxygen atoms in total. The molecule has 170 valence electrons. The fraction of sp³-hybridized carbons (Fsp3) is 0.815. The van der Waals surface area contributed by atoms with E-state index >= 15 is 0 Å². The fourth-order valence-electron chi connectivity index (χ4n) is 4.04. The standard InChI is InChI=1S/C27H50O2/c1-5-6-7-8-9-10-11-13-16-19-24(2)22-26(4)23-25(3)20-17-14-12-15-18-21-27(28)29/h19,23,25H,5-18,20-22H2,1-4H3,(H,28,29)/b24-19-,26-23+/t25-/m1/s1. The molecule has 0 aromatic rings. The van der Waals surface area contributed by atoms with Gasteiger partial charge in [-0.25, -0.2) is 0 Å². The lowest BCUT2D eigenvalue weighted by Gasteiger charge is -2.09. The van der Waals surface area contributed by atoms with Crippen molar-refractivity contribution in [1.82, 2.24) is 0 Å². The highest BCUT2D eigenvalue weighted by Gasteiger charge is 2.02. The zero-order chi connectivity index (χ0) is 21.7. The highest BCUT2D eigenvalue weighted by molar-refractivity contribution is 5.66. The molecule has 0 bridgehead atoms. The van der Waals surface area contributed by atoms with Gasteiger partial charge in [0.05, 0.1) is 0 Å². The average molecular weight is 407 g/mol. The zero-order valence-corrected chi connectivity index (χ0v) is 20.1. The molecule has 0 aliphatic rings. The van der Waals surface area contributed by atoms with Crippen LogP contribution in [-0.2, 0) is 4.79 Å². The van der Waals surface area contributed by atoms with Crippen LogP contribution in [0, 0.1) is 5.92 Å². The van der Waals surface area contributed by atoms with Gasteiger partial charge in [0.2, 0.25) is 0 Å². The van der Waals surface area contributed by atoms with Crippen molar-refractivity contribution in [1.29, 1.82) is 0 Å². The Labute approximate surface area is 182 Å². The molecule has 0 aliphatic heterocycles. The normalized spacial score (nSPS) is 13.7. The Morgan fingerprint density at radius 1 is 0.793 bits per heavy atom. The van der Waals surface area contributed by atoms with Crippen LogP contribution in [0.5, 0.6) is 0 Å². The third-order valence-electron chi connectivity index (χ3n) is 5.73. The van der Waals surface area contributed by atoms with Crippen molar-refractivity contribution in [2.75, 3.05) is 0 Å². The molecule has 29 heavy (non-hydrogen) atoms. The van der Waals surface area contributed by atoms with E-state index in [9.17, 15) is 4.79 Å². The molecule has 0 aliphatic carbocycles. The van der Waals surface area contributed by atoms with Gasteiger partial charge >= 0.3 is 5.97 Å². The smallest absolute Gasteiger partial charge is 0.303 e. The van der Waals surface area contributed by atoms with Crippen LogP contribution in [-0.4, -0.2) is 11.1 Å². The van der Waals surface area contributed by atoms with E-state index in [4.69, 9.17) is 5.11 Å². The lowest BCUT2D eigenvalue weighted by atomic mass is 9.97. The monoisotopic (exact) mass is 406 g/mol. The highest BCUT2D eigenvalue weighted by atomic mass is 16.4. The summed E-state index contributed by atoms with van der Waals surface area (Å²) in [5, 5.41) is 8.64. The zero-order valence-electron chi connectivity index (χ0n) is 20.1. The molecule has 0 heterocycles. The largest absolute Gasteiger partial charge is 0.481 e. The summed E-state index contributed by atoms with van der Waals surface area (Å²) in [5.41, 5.74) is 3.02. The van der Waals surface area contributed by atoms with Crippen LogP contribution in [0.25, 0.3) is 0 Å². The summed E-state index contributed by atoms with van der Waals surface area (Å²) < 4.78 is 0. The summed E-state index contributed by atoms with van der Waals surface area (Å²) in [6.45, 7) is 9.16. The molecular formula is C27H50O2. The molecule has 0 rings (SSSR count). The van der Waals surface area contributed by atoms with Gasteiger partial charge in [0.15, 0.2) is 0 Å². The van der Waals surface area contributed by atoms with Crippen molar-refractivity contribution in [2.45, 2.75) is 137 Å². The van der Waals surface area contributed by atoms with E-state index in [0.717, 1.165) is 19.3 Å². The van der Waals surface area contributed by atoms with Gasteiger partial charge in [-0.1, -0.05) is 108 Å². The molecule has 0 aromatic carbocycles. The van der Waals surface area contributed by atoms with Gasteiger partial charge in [0, 0.05) is 6.42 Å². The first-order valence-electron chi connectivity index (χ1n) is 12.5. The Kier molecular flexibility index (Phi) is 19.5. The van der Waals surface area contributed by atoms with Crippen LogP contribution in [0.4, 0.5) is 0 Å². The topological polar surface area (TPSA) is 37.3 Å². The SMILES string of the molecule is CCCCCCCCCC/C=C(/C)C/C(C)=C/[C@H](C)CCCCCCCC(=O)O. The van der Waals surface area contributed by atoms with E-state index in [1.54, 1.807) is 0 Å². The van der Waals surface area contributed by atoms with Crippen molar-refractivity contribution in [2.24, 2.45) is 5.92 Å². The van der Waals surface area contributed by atoms with Gasteiger partial charge in [-0.05, 0) is 51.9 Å². The summed E-state index contributed by atoms with van der Waals surface area (Å²) in [4.78, 5) is 10.5. The van der Waals surface area contributed by atoms with E-state index in [1.807, 2.05) is 0 Å². The molecule has 0 aromatic heterocycles. The van der Waals surface area contributed by atoms with Crippen LogP contribution >= 0.6 is 0 Å². The number of aliphatic carboxylic acids is 1. The minimum Gasteiger partial charge on any atom is -0.481 e. The Morgan fingerprint density at radius 3 is 1.97 bits per heavy atom. The maximum atomic E-state index is 10.5. The van der Waals surface area contributed by atoms with Crippen molar-refractivity contribution >= 4 is 5.97 Å². The molecule has 2 heteroatoms. The third-order valence-corrected chi connectivity index (χ3v) is 5.73. The predicted octanol–water partition coefficient (Wildman–Crippen LogP) is 9.25. The second-order valence-electron chi connectivity index (χ2n) is 9.18. The van der Waals surface area contributed by atoms with Crippen LogP contribution < -0.4 is 0 Å². The average Bonchev–Trinajstić information content (AvgIpc) is 2.65. The van der Waals surface area contributed by atoms with Gasteiger partial charge in [0.25, 0.3) is 0 Å². The second kappa shape index (κ2) is 20.2. The second-order valence-corrected chi connectivity index (χ2v) is 9.18. The molecule has 0 saturated carbocycles. The van der Waals surface area contributed by atoms with Gasteiger partial charge in [0.1, 0.15) is 0 Å². The van der Waals surface area contributed by atoms with Crippen molar-refractivity contribution in [3.8, 4) is 0 Å². The van der Waals surface area contributed by atoms with Crippen LogP contribution in [0.3, 0.4) is 0 Å². The van der Waals surface area contributed by atoms with E-state index in [-0.39, 0.29) is 0 Å². The Morgan fingerprint density at radius 2 is 1.34 bits per heavy atom. The lowest BCUT2D eigenvalue weighted by molar-refractivity contribution is -0.137. The van der Waals surface area contributed by atoms with Crippen molar-refractivity contribution in [3.05, 3.63) is 23.3 Å². The number of carboxylic acids is 1. The van der Waals surface area contributed by atoms with Gasteiger partial charge in [-0.2, -0.15) is 0 Å². The highest BCUT2D eigenvalue weighted by Crippen LogP contribution is 2.18. The fourth-order valence-corrected chi connectivity index (χ4v) is 4.04. The van der Waals surface area contributed by atoms with E-state index in [2.05, 4.69) is 39.8 Å². The van der Waals surface area contributed by atoms with E-state index < -0.39 is 5.97 Å². The quantitative estimate of drug-likeness (QED) is 0.161. The Balaban J connectivity index is 3.74. The number of hydrogen-bond donors (Lipinski definition) is 1. The van der Waals surface area contributed by atoms with E-state index in [1.165, 1.54) is 94.6 Å².